The lowest BCUT2D eigenvalue weighted by molar-refractivity contribution is 0.217. The van der Waals surface area contributed by atoms with Gasteiger partial charge >= 0.3 is 0 Å². The van der Waals surface area contributed by atoms with Gasteiger partial charge in [-0.2, -0.15) is 0 Å². The Hall–Kier alpha value is -0.350. The number of hydrogen-bond acceptors (Lipinski definition) is 5. The van der Waals surface area contributed by atoms with E-state index in [1.165, 1.54) is 25.3 Å². The van der Waals surface area contributed by atoms with Crippen molar-refractivity contribution in [2.75, 3.05) is 24.2 Å². The molecular formula is C9H11BrClNO5S2. The average molecular weight is 393 g/mol. The molecule has 0 atom stereocenters. The molecule has 0 bridgehead atoms. The molecule has 0 spiro atoms. The van der Waals surface area contributed by atoms with E-state index in [4.69, 9.17) is 10.7 Å². The predicted molar refractivity (Wildman–Crippen MR) is 76.5 cm³/mol. The van der Waals surface area contributed by atoms with Crippen LogP contribution in [0.5, 0.6) is 0 Å². The first-order valence-electron chi connectivity index (χ1n) is 4.89. The molecule has 6 nitrogen and oxygen atoms in total. The highest BCUT2D eigenvalue weighted by molar-refractivity contribution is 9.10. The summed E-state index contributed by atoms with van der Waals surface area (Å²) in [4.78, 5) is -0.131. The molecule has 0 aliphatic heterocycles. The molecule has 1 rings (SSSR count). The van der Waals surface area contributed by atoms with Crippen molar-refractivity contribution in [2.45, 2.75) is 4.90 Å². The predicted octanol–water partition coefficient (Wildman–Crippen LogP) is 1.76. The summed E-state index contributed by atoms with van der Waals surface area (Å²) in [6.45, 7) is 0.0602. The lowest BCUT2D eigenvalue weighted by atomic mass is 10.3. The van der Waals surface area contributed by atoms with Gasteiger partial charge in [-0.25, -0.2) is 16.8 Å². The Bertz CT molecular complexity index is 659. The van der Waals surface area contributed by atoms with Crippen LogP contribution >= 0.6 is 26.6 Å². The number of benzene rings is 1. The van der Waals surface area contributed by atoms with E-state index < -0.39 is 19.1 Å². The van der Waals surface area contributed by atoms with Crippen molar-refractivity contribution in [3.8, 4) is 0 Å². The smallest absolute Gasteiger partial charge is 0.262 e. The van der Waals surface area contributed by atoms with E-state index >= 15 is 0 Å². The van der Waals surface area contributed by atoms with Gasteiger partial charge in [-0.3, -0.25) is 4.72 Å². The van der Waals surface area contributed by atoms with Crippen LogP contribution < -0.4 is 4.72 Å². The van der Waals surface area contributed by atoms with Gasteiger partial charge in [0.25, 0.3) is 9.05 Å². The van der Waals surface area contributed by atoms with Crippen LogP contribution in [0.3, 0.4) is 0 Å². The average Bonchev–Trinajstić information content (AvgIpc) is 2.24. The van der Waals surface area contributed by atoms with Gasteiger partial charge in [0.1, 0.15) is 0 Å². The van der Waals surface area contributed by atoms with Crippen molar-refractivity contribution in [1.29, 1.82) is 0 Å². The second-order valence-electron chi connectivity index (χ2n) is 3.50. The fraction of sp³-hybridized carbons (Fsp3) is 0.333. The highest BCUT2D eigenvalue weighted by atomic mass is 79.9. The second kappa shape index (κ2) is 6.40. The number of halogens is 2. The lowest BCUT2D eigenvalue weighted by Gasteiger charge is -2.09. The normalized spacial score (nSPS) is 12.4. The Morgan fingerprint density at radius 3 is 2.42 bits per heavy atom. The van der Waals surface area contributed by atoms with Gasteiger partial charge in [0.05, 0.1) is 17.3 Å². The van der Waals surface area contributed by atoms with Crippen LogP contribution in [0.2, 0.25) is 0 Å². The first-order chi connectivity index (χ1) is 8.65. The first kappa shape index (κ1) is 16.7. The minimum absolute atomic E-state index is 0.0602. The Labute approximate surface area is 124 Å². The third-order valence-corrected chi connectivity index (χ3v) is 5.57. The minimum atomic E-state index is -3.88. The molecule has 0 unspecified atom stereocenters. The molecule has 0 heterocycles. The number of anilines is 1. The molecule has 0 aromatic heterocycles. The maximum Gasteiger partial charge on any atom is 0.262 e. The fourth-order valence-electron chi connectivity index (χ4n) is 1.19. The van der Waals surface area contributed by atoms with E-state index in [1.807, 2.05) is 0 Å². The van der Waals surface area contributed by atoms with Gasteiger partial charge in [-0.05, 0) is 34.1 Å². The molecule has 0 aliphatic carbocycles. The van der Waals surface area contributed by atoms with Crippen molar-refractivity contribution < 1.29 is 21.6 Å². The van der Waals surface area contributed by atoms with E-state index in [-0.39, 0.29) is 27.4 Å². The summed E-state index contributed by atoms with van der Waals surface area (Å²) in [5.74, 6) is -0.198. The molecule has 1 aromatic rings. The van der Waals surface area contributed by atoms with Crippen molar-refractivity contribution in [1.82, 2.24) is 0 Å². The second-order valence-corrected chi connectivity index (χ2v) is 8.73. The number of sulfonamides is 1. The molecule has 0 aliphatic rings. The number of ether oxygens (including phenoxy) is 1. The number of methoxy groups -OCH3 is 1. The van der Waals surface area contributed by atoms with Crippen molar-refractivity contribution in [3.05, 3.63) is 22.7 Å². The Morgan fingerprint density at radius 1 is 1.32 bits per heavy atom. The zero-order valence-corrected chi connectivity index (χ0v) is 13.7. The van der Waals surface area contributed by atoms with Crippen molar-refractivity contribution >= 4 is 51.4 Å². The molecule has 19 heavy (non-hydrogen) atoms. The third kappa shape index (κ3) is 5.27. The van der Waals surface area contributed by atoms with Crippen LogP contribution in [-0.4, -0.2) is 36.3 Å². The highest BCUT2D eigenvalue weighted by Crippen LogP contribution is 2.28. The molecule has 1 aromatic carbocycles. The maximum atomic E-state index is 11.6. The molecule has 0 saturated heterocycles. The Kier molecular flexibility index (Phi) is 5.63. The van der Waals surface area contributed by atoms with Gasteiger partial charge < -0.3 is 4.74 Å². The molecule has 0 fully saturated rings. The standard InChI is InChI=1S/C9H11BrClNO5S2/c1-17-4-5-18(13,14)12-7-2-3-9(8(10)6-7)19(11,15)16/h2-3,6,12H,4-5H2,1H3. The summed E-state index contributed by atoms with van der Waals surface area (Å²) >= 11 is 3.02. The fourth-order valence-corrected chi connectivity index (χ4v) is 4.38. The Morgan fingerprint density at radius 2 is 1.95 bits per heavy atom. The number of hydrogen-bond donors (Lipinski definition) is 1. The molecule has 108 valence electrons. The topological polar surface area (TPSA) is 89.5 Å². The summed E-state index contributed by atoms with van der Waals surface area (Å²) < 4.78 is 52.7. The summed E-state index contributed by atoms with van der Waals surface area (Å²) in [5, 5.41) is 0. The summed E-state index contributed by atoms with van der Waals surface area (Å²) in [6.07, 6.45) is 0. The first-order valence-corrected chi connectivity index (χ1v) is 9.65. The third-order valence-electron chi connectivity index (χ3n) is 2.02. The van der Waals surface area contributed by atoms with Crippen molar-refractivity contribution in [3.63, 3.8) is 0 Å². The molecule has 0 amide bonds. The van der Waals surface area contributed by atoms with Crippen LogP contribution in [0.15, 0.2) is 27.6 Å². The quantitative estimate of drug-likeness (QED) is 0.745. The maximum absolute atomic E-state index is 11.6. The van der Waals surface area contributed by atoms with Crippen LogP contribution in [0.1, 0.15) is 0 Å². The van der Waals surface area contributed by atoms with E-state index in [1.54, 1.807) is 0 Å². The van der Waals surface area contributed by atoms with Gasteiger partial charge in [-0.1, -0.05) is 0 Å². The summed E-state index contributed by atoms with van der Waals surface area (Å²) in [6, 6.07) is 3.84. The lowest BCUT2D eigenvalue weighted by Crippen LogP contribution is -2.19. The zero-order valence-electron chi connectivity index (χ0n) is 9.76. The van der Waals surface area contributed by atoms with Gasteiger partial charge in [0, 0.05) is 28.0 Å². The van der Waals surface area contributed by atoms with Gasteiger partial charge in [0.2, 0.25) is 10.0 Å². The van der Waals surface area contributed by atoms with Crippen molar-refractivity contribution in [2.24, 2.45) is 0 Å². The number of nitrogens with one attached hydrogen (secondary N) is 1. The summed E-state index contributed by atoms with van der Waals surface area (Å²) in [7, 11) is -0.820. The molecule has 0 saturated carbocycles. The molecule has 10 heteroatoms. The van der Waals surface area contributed by atoms with E-state index in [0.29, 0.717) is 0 Å². The highest BCUT2D eigenvalue weighted by Gasteiger charge is 2.16. The largest absolute Gasteiger partial charge is 0.384 e. The van der Waals surface area contributed by atoms with E-state index in [2.05, 4.69) is 25.4 Å². The van der Waals surface area contributed by atoms with Crippen LogP contribution in [0.4, 0.5) is 5.69 Å². The summed E-state index contributed by atoms with van der Waals surface area (Å²) in [5.41, 5.74) is 0.229. The van der Waals surface area contributed by atoms with E-state index in [0.717, 1.165) is 0 Å². The van der Waals surface area contributed by atoms with E-state index in [9.17, 15) is 16.8 Å². The van der Waals surface area contributed by atoms with Gasteiger partial charge in [-0.15, -0.1) is 0 Å². The minimum Gasteiger partial charge on any atom is -0.384 e. The van der Waals surface area contributed by atoms with Crippen LogP contribution in [-0.2, 0) is 23.8 Å². The van der Waals surface area contributed by atoms with Crippen LogP contribution in [0.25, 0.3) is 0 Å². The number of rotatable bonds is 6. The monoisotopic (exact) mass is 391 g/mol. The zero-order chi connectivity index (χ0) is 14.7. The van der Waals surface area contributed by atoms with Gasteiger partial charge in [0.15, 0.2) is 0 Å². The van der Waals surface area contributed by atoms with Crippen LogP contribution in [0, 0.1) is 0 Å². The molecule has 1 N–H and O–H groups in total. The molecule has 0 radical (unpaired) electrons. The Balaban J connectivity index is 2.97. The SMILES string of the molecule is COCCS(=O)(=O)Nc1ccc(S(=O)(=O)Cl)c(Br)c1. The molecular weight excluding hydrogens is 382 g/mol.